The van der Waals surface area contributed by atoms with Crippen LogP contribution in [0.3, 0.4) is 0 Å². The second-order valence-electron chi connectivity index (χ2n) is 5.92. The maximum absolute atomic E-state index is 12.6. The van der Waals surface area contributed by atoms with Crippen LogP contribution in [0.1, 0.15) is 25.0 Å². The minimum atomic E-state index is 0.0977. The molecule has 0 atom stereocenters. The fraction of sp³-hybridized carbons (Fsp3) is 0.316. The molecular formula is C19H23BrN2O. The van der Waals surface area contributed by atoms with Crippen molar-refractivity contribution in [3.05, 3.63) is 64.1 Å². The Morgan fingerprint density at radius 2 is 1.87 bits per heavy atom. The summed E-state index contributed by atoms with van der Waals surface area (Å²) in [6.45, 7) is 7.06. The minimum Gasteiger partial charge on any atom is -0.376 e. The Hall–Kier alpha value is -1.81. The monoisotopic (exact) mass is 374 g/mol. The Labute approximate surface area is 146 Å². The van der Waals surface area contributed by atoms with Gasteiger partial charge in [0.2, 0.25) is 5.91 Å². The van der Waals surface area contributed by atoms with E-state index >= 15 is 0 Å². The molecule has 0 saturated heterocycles. The van der Waals surface area contributed by atoms with Crippen LogP contribution in [0.4, 0.5) is 5.69 Å². The van der Waals surface area contributed by atoms with E-state index in [9.17, 15) is 4.79 Å². The molecule has 0 radical (unpaired) electrons. The summed E-state index contributed by atoms with van der Waals surface area (Å²) in [7, 11) is 0. The van der Waals surface area contributed by atoms with E-state index in [2.05, 4.69) is 21.2 Å². The molecule has 0 aliphatic carbocycles. The Morgan fingerprint density at radius 3 is 2.48 bits per heavy atom. The van der Waals surface area contributed by atoms with Crippen LogP contribution in [0.2, 0.25) is 0 Å². The van der Waals surface area contributed by atoms with Crippen LogP contribution in [0, 0.1) is 6.92 Å². The minimum absolute atomic E-state index is 0.0977. The van der Waals surface area contributed by atoms with Crippen molar-refractivity contribution < 1.29 is 4.79 Å². The molecule has 23 heavy (non-hydrogen) atoms. The Kier molecular flexibility index (Phi) is 6.22. The number of halogens is 1. The van der Waals surface area contributed by atoms with Crippen LogP contribution in [-0.2, 0) is 11.3 Å². The van der Waals surface area contributed by atoms with Crippen molar-refractivity contribution in [2.24, 2.45) is 0 Å². The molecular weight excluding hydrogens is 352 g/mol. The number of anilines is 1. The molecule has 0 bridgehead atoms. The summed E-state index contributed by atoms with van der Waals surface area (Å²) >= 11 is 3.51. The van der Waals surface area contributed by atoms with Gasteiger partial charge in [-0.2, -0.15) is 0 Å². The SMILES string of the molecule is Cc1ccc(NCC(=O)N(Cc2ccccc2)C(C)C)cc1Br. The van der Waals surface area contributed by atoms with E-state index < -0.39 is 0 Å². The zero-order valence-electron chi connectivity index (χ0n) is 13.8. The first-order valence-electron chi connectivity index (χ1n) is 7.81. The van der Waals surface area contributed by atoms with Crippen LogP contribution in [-0.4, -0.2) is 23.4 Å². The molecule has 0 fully saturated rings. The van der Waals surface area contributed by atoms with E-state index in [1.165, 1.54) is 5.56 Å². The summed E-state index contributed by atoms with van der Waals surface area (Å²) in [6.07, 6.45) is 0. The number of nitrogens with one attached hydrogen (secondary N) is 1. The van der Waals surface area contributed by atoms with Gasteiger partial charge in [-0.25, -0.2) is 0 Å². The molecule has 122 valence electrons. The molecule has 0 unspecified atom stereocenters. The zero-order valence-corrected chi connectivity index (χ0v) is 15.4. The van der Waals surface area contributed by atoms with Gasteiger partial charge >= 0.3 is 0 Å². The zero-order chi connectivity index (χ0) is 16.8. The Balaban J connectivity index is 1.99. The lowest BCUT2D eigenvalue weighted by atomic mass is 10.2. The summed E-state index contributed by atoms with van der Waals surface area (Å²) in [5.41, 5.74) is 3.27. The van der Waals surface area contributed by atoms with Crippen molar-refractivity contribution in [1.29, 1.82) is 0 Å². The number of aryl methyl sites for hydroxylation is 1. The molecule has 0 heterocycles. The van der Waals surface area contributed by atoms with Gasteiger partial charge in [-0.05, 0) is 44.0 Å². The van der Waals surface area contributed by atoms with Crippen molar-refractivity contribution in [1.82, 2.24) is 4.90 Å². The largest absolute Gasteiger partial charge is 0.376 e. The molecule has 1 N–H and O–H groups in total. The number of rotatable bonds is 6. The first kappa shape index (κ1) is 17.5. The normalized spacial score (nSPS) is 10.7. The van der Waals surface area contributed by atoms with Crippen molar-refractivity contribution in [2.75, 3.05) is 11.9 Å². The molecule has 3 nitrogen and oxygen atoms in total. The van der Waals surface area contributed by atoms with Gasteiger partial charge in [-0.15, -0.1) is 0 Å². The third-order valence-corrected chi connectivity index (χ3v) is 4.61. The second kappa shape index (κ2) is 8.16. The van der Waals surface area contributed by atoms with Crippen LogP contribution in [0.15, 0.2) is 53.0 Å². The molecule has 1 amide bonds. The molecule has 0 aliphatic rings. The highest BCUT2D eigenvalue weighted by atomic mass is 79.9. The number of amides is 1. The summed E-state index contributed by atoms with van der Waals surface area (Å²) in [6, 6.07) is 16.3. The third kappa shape index (κ3) is 5.10. The average molecular weight is 375 g/mol. The summed E-state index contributed by atoms with van der Waals surface area (Å²) < 4.78 is 1.04. The van der Waals surface area contributed by atoms with E-state index in [1.807, 2.05) is 74.2 Å². The van der Waals surface area contributed by atoms with Crippen molar-refractivity contribution in [3.8, 4) is 0 Å². The van der Waals surface area contributed by atoms with Crippen molar-refractivity contribution in [3.63, 3.8) is 0 Å². The van der Waals surface area contributed by atoms with Gasteiger partial charge in [-0.3, -0.25) is 4.79 Å². The molecule has 4 heteroatoms. The predicted octanol–water partition coefficient (Wildman–Crippen LogP) is 4.61. The van der Waals surface area contributed by atoms with E-state index in [0.29, 0.717) is 13.1 Å². The quantitative estimate of drug-likeness (QED) is 0.800. The highest BCUT2D eigenvalue weighted by Crippen LogP contribution is 2.20. The lowest BCUT2D eigenvalue weighted by Crippen LogP contribution is -2.39. The number of hydrogen-bond donors (Lipinski definition) is 1. The van der Waals surface area contributed by atoms with Gasteiger partial charge < -0.3 is 10.2 Å². The van der Waals surface area contributed by atoms with E-state index in [4.69, 9.17) is 0 Å². The van der Waals surface area contributed by atoms with E-state index in [1.54, 1.807) is 0 Å². The molecule has 0 spiro atoms. The van der Waals surface area contributed by atoms with Crippen LogP contribution >= 0.6 is 15.9 Å². The molecule has 2 aromatic carbocycles. The summed E-state index contributed by atoms with van der Waals surface area (Å²) in [5, 5.41) is 3.21. The number of hydrogen-bond acceptors (Lipinski definition) is 2. The lowest BCUT2D eigenvalue weighted by Gasteiger charge is -2.27. The van der Waals surface area contributed by atoms with Gasteiger partial charge in [-0.1, -0.05) is 52.3 Å². The van der Waals surface area contributed by atoms with E-state index in [-0.39, 0.29) is 11.9 Å². The number of benzene rings is 2. The summed E-state index contributed by atoms with van der Waals surface area (Å²) in [5.74, 6) is 0.0977. The van der Waals surface area contributed by atoms with Gasteiger partial charge in [0.1, 0.15) is 0 Å². The van der Waals surface area contributed by atoms with Crippen LogP contribution in [0.25, 0.3) is 0 Å². The predicted molar refractivity (Wildman–Crippen MR) is 99.5 cm³/mol. The number of carbonyl (C=O) groups excluding carboxylic acids is 1. The summed E-state index contributed by atoms with van der Waals surface area (Å²) in [4.78, 5) is 14.5. The van der Waals surface area contributed by atoms with Crippen molar-refractivity contribution in [2.45, 2.75) is 33.4 Å². The fourth-order valence-corrected chi connectivity index (χ4v) is 2.70. The van der Waals surface area contributed by atoms with Gasteiger partial charge in [0.15, 0.2) is 0 Å². The smallest absolute Gasteiger partial charge is 0.242 e. The Morgan fingerprint density at radius 1 is 1.17 bits per heavy atom. The number of carbonyl (C=O) groups is 1. The fourth-order valence-electron chi connectivity index (χ4n) is 2.32. The molecule has 2 aromatic rings. The molecule has 2 rings (SSSR count). The maximum Gasteiger partial charge on any atom is 0.242 e. The molecule has 0 aromatic heterocycles. The highest BCUT2D eigenvalue weighted by Gasteiger charge is 2.17. The second-order valence-corrected chi connectivity index (χ2v) is 6.77. The van der Waals surface area contributed by atoms with E-state index in [0.717, 1.165) is 15.7 Å². The molecule has 0 saturated carbocycles. The third-order valence-electron chi connectivity index (χ3n) is 3.76. The molecule has 0 aliphatic heterocycles. The van der Waals surface area contributed by atoms with Gasteiger partial charge in [0, 0.05) is 22.7 Å². The Bertz CT molecular complexity index is 656. The first-order chi connectivity index (χ1) is 11.0. The average Bonchev–Trinajstić information content (AvgIpc) is 2.54. The first-order valence-corrected chi connectivity index (χ1v) is 8.60. The lowest BCUT2D eigenvalue weighted by molar-refractivity contribution is -0.131. The van der Waals surface area contributed by atoms with Gasteiger partial charge in [0.05, 0.1) is 6.54 Å². The topological polar surface area (TPSA) is 32.3 Å². The van der Waals surface area contributed by atoms with Crippen LogP contribution in [0.5, 0.6) is 0 Å². The van der Waals surface area contributed by atoms with Gasteiger partial charge in [0.25, 0.3) is 0 Å². The van der Waals surface area contributed by atoms with Crippen LogP contribution < -0.4 is 5.32 Å². The maximum atomic E-state index is 12.6. The van der Waals surface area contributed by atoms with Crippen molar-refractivity contribution >= 4 is 27.5 Å². The number of nitrogens with zero attached hydrogens (tertiary/aromatic N) is 1. The highest BCUT2D eigenvalue weighted by molar-refractivity contribution is 9.10. The standard InChI is InChI=1S/C19H23BrN2O/c1-14(2)22(13-16-7-5-4-6-8-16)19(23)12-21-17-10-9-15(3)18(20)11-17/h4-11,14,21H,12-13H2,1-3H3.